The van der Waals surface area contributed by atoms with E-state index in [2.05, 4.69) is 20.1 Å². The number of aryl methyl sites for hydroxylation is 1. The third-order valence-electron chi connectivity index (χ3n) is 3.94. The molecule has 2 rings (SSSR count). The summed E-state index contributed by atoms with van der Waals surface area (Å²) < 4.78 is 23.8. The molecule has 5 atom stereocenters. The average molecular weight is 400 g/mol. The molecule has 1 aliphatic heterocycles. The SMILES string of the molecule is Cc1cn([C@H]2C[C@H](N=[N+]=[N-])[C@@H](CO[P+](=O)N[C@@H](C)C(N)=O)O2)c(=O)[nH]c1=O. The molecule has 1 saturated heterocycles. The summed E-state index contributed by atoms with van der Waals surface area (Å²) in [5, 5.41) is 5.99. The molecule has 1 amide bonds. The number of azide groups is 1. The fourth-order valence-corrected chi connectivity index (χ4v) is 3.22. The van der Waals surface area contributed by atoms with Crippen molar-refractivity contribution in [2.45, 2.75) is 44.7 Å². The van der Waals surface area contributed by atoms with Crippen molar-refractivity contribution in [1.29, 1.82) is 0 Å². The zero-order valence-electron chi connectivity index (χ0n) is 14.6. The van der Waals surface area contributed by atoms with Gasteiger partial charge in [0.1, 0.15) is 18.9 Å². The number of hydrogen-bond donors (Lipinski definition) is 3. The second kappa shape index (κ2) is 8.89. The Hall–Kier alpha value is -2.56. The van der Waals surface area contributed by atoms with Crippen LogP contribution >= 0.6 is 8.18 Å². The van der Waals surface area contributed by atoms with Gasteiger partial charge in [0.05, 0.1) is 12.1 Å². The minimum absolute atomic E-state index is 0.158. The molecular formula is C13H19N7O6P+. The third kappa shape index (κ3) is 5.22. The Bertz CT molecular complexity index is 892. The van der Waals surface area contributed by atoms with Crippen LogP contribution in [0.25, 0.3) is 10.4 Å². The van der Waals surface area contributed by atoms with E-state index < -0.39 is 49.8 Å². The lowest BCUT2D eigenvalue weighted by atomic mass is 10.1. The smallest absolute Gasteiger partial charge is 0.368 e. The maximum atomic E-state index is 12.0. The lowest BCUT2D eigenvalue weighted by Crippen LogP contribution is -2.35. The van der Waals surface area contributed by atoms with Crippen LogP contribution in [0.3, 0.4) is 0 Å². The van der Waals surface area contributed by atoms with Gasteiger partial charge in [-0.2, -0.15) is 0 Å². The average Bonchev–Trinajstić information content (AvgIpc) is 2.99. The Morgan fingerprint density at radius 1 is 1.67 bits per heavy atom. The fraction of sp³-hybridized carbons (Fsp3) is 0.615. The quantitative estimate of drug-likeness (QED) is 0.235. The van der Waals surface area contributed by atoms with Crippen LogP contribution in [0, 0.1) is 6.92 Å². The van der Waals surface area contributed by atoms with Gasteiger partial charge in [-0.3, -0.25) is 19.1 Å². The molecule has 1 unspecified atom stereocenters. The van der Waals surface area contributed by atoms with Crippen LogP contribution in [-0.2, 0) is 18.6 Å². The molecule has 146 valence electrons. The molecular weight excluding hydrogens is 381 g/mol. The molecule has 1 aromatic heterocycles. The van der Waals surface area contributed by atoms with Crippen LogP contribution in [0.2, 0.25) is 0 Å². The first kappa shape index (κ1) is 20.7. The number of amides is 1. The number of carbonyl (C=O) groups excluding carboxylic acids is 1. The first-order valence-electron chi connectivity index (χ1n) is 7.90. The van der Waals surface area contributed by atoms with Crippen molar-refractivity contribution >= 4 is 14.1 Å². The number of hydrogen-bond acceptors (Lipinski definition) is 7. The van der Waals surface area contributed by atoms with Gasteiger partial charge in [0.2, 0.25) is 5.91 Å². The first-order valence-corrected chi connectivity index (χ1v) is 9.08. The molecule has 0 bridgehead atoms. The van der Waals surface area contributed by atoms with Crippen LogP contribution in [0.1, 0.15) is 25.1 Å². The number of ether oxygens (including phenoxy) is 1. The highest BCUT2D eigenvalue weighted by atomic mass is 31.1. The monoisotopic (exact) mass is 400 g/mol. The van der Waals surface area contributed by atoms with E-state index in [1.807, 2.05) is 0 Å². The number of nitrogens with one attached hydrogen (secondary N) is 2. The van der Waals surface area contributed by atoms with E-state index in [0.717, 1.165) is 0 Å². The molecule has 1 aromatic rings. The van der Waals surface area contributed by atoms with Crippen molar-refractivity contribution in [2.24, 2.45) is 10.8 Å². The number of rotatable bonds is 8. The summed E-state index contributed by atoms with van der Waals surface area (Å²) in [7, 11) is -2.41. The van der Waals surface area contributed by atoms with Gasteiger partial charge in [0, 0.05) is 23.1 Å². The van der Waals surface area contributed by atoms with Crippen LogP contribution in [0.15, 0.2) is 20.9 Å². The standard InChI is InChI=1S/C13H18N7O6P/c1-6-4-20(13(23)16-12(6)22)10-3-8(17-19-15)9(26-10)5-25-27(24)18-7(2)11(14)21/h4,7-10H,3,5H2,1-2H3,(H3-,14,16,18,21,22,23,24)/p+1/t7-,8-,9+,10+/m0/s1. The Kier molecular flexibility index (Phi) is 6.83. The number of carbonyl (C=O) groups is 1. The van der Waals surface area contributed by atoms with E-state index in [1.165, 1.54) is 24.6 Å². The molecule has 4 N–H and O–H groups in total. The molecule has 27 heavy (non-hydrogen) atoms. The Labute approximate surface area is 153 Å². The zero-order chi connectivity index (χ0) is 20.1. The van der Waals surface area contributed by atoms with Crippen LogP contribution in [-0.4, -0.2) is 40.3 Å². The van der Waals surface area contributed by atoms with Crippen molar-refractivity contribution in [2.75, 3.05) is 6.61 Å². The van der Waals surface area contributed by atoms with E-state index in [0.29, 0.717) is 5.56 Å². The van der Waals surface area contributed by atoms with Gasteiger partial charge in [0.25, 0.3) is 5.56 Å². The summed E-state index contributed by atoms with van der Waals surface area (Å²) >= 11 is 0. The van der Waals surface area contributed by atoms with E-state index in [1.54, 1.807) is 0 Å². The molecule has 0 radical (unpaired) electrons. The molecule has 1 aliphatic rings. The number of H-pyrrole nitrogens is 1. The molecule has 0 saturated carbocycles. The molecule has 0 spiro atoms. The van der Waals surface area contributed by atoms with Gasteiger partial charge in [-0.1, -0.05) is 10.2 Å². The van der Waals surface area contributed by atoms with E-state index in [4.69, 9.17) is 20.5 Å². The van der Waals surface area contributed by atoms with Crippen molar-refractivity contribution in [3.8, 4) is 0 Å². The molecule has 14 heteroatoms. The second-order valence-electron chi connectivity index (χ2n) is 5.92. The van der Waals surface area contributed by atoms with Gasteiger partial charge in [0.15, 0.2) is 0 Å². The summed E-state index contributed by atoms with van der Waals surface area (Å²) in [6.07, 6.45) is -0.0772. The molecule has 2 heterocycles. The summed E-state index contributed by atoms with van der Waals surface area (Å²) in [6, 6.07) is -1.54. The maximum absolute atomic E-state index is 12.0. The van der Waals surface area contributed by atoms with Gasteiger partial charge in [-0.25, -0.2) is 4.79 Å². The predicted molar refractivity (Wildman–Crippen MR) is 92.9 cm³/mol. The van der Waals surface area contributed by atoms with Gasteiger partial charge < -0.3 is 10.5 Å². The third-order valence-corrected chi connectivity index (χ3v) is 4.92. The number of aromatic amines is 1. The van der Waals surface area contributed by atoms with Crippen LogP contribution in [0.5, 0.6) is 0 Å². The van der Waals surface area contributed by atoms with E-state index in [9.17, 15) is 18.9 Å². The van der Waals surface area contributed by atoms with E-state index >= 15 is 0 Å². The van der Waals surface area contributed by atoms with Crippen LogP contribution in [0.4, 0.5) is 0 Å². The predicted octanol–water partition coefficient (Wildman–Crippen LogP) is -0.0512. The Morgan fingerprint density at radius 3 is 3.00 bits per heavy atom. The molecule has 1 fully saturated rings. The van der Waals surface area contributed by atoms with Gasteiger partial charge in [-0.15, -0.1) is 4.52 Å². The largest absolute Gasteiger partial charge is 0.613 e. The molecule has 0 aliphatic carbocycles. The minimum atomic E-state index is -2.41. The number of aromatic nitrogens is 2. The highest BCUT2D eigenvalue weighted by molar-refractivity contribution is 7.36. The van der Waals surface area contributed by atoms with Crippen molar-refractivity contribution in [3.05, 3.63) is 43.0 Å². The van der Waals surface area contributed by atoms with Crippen molar-refractivity contribution < 1.29 is 18.6 Å². The summed E-state index contributed by atoms with van der Waals surface area (Å²) in [5.74, 6) is -0.695. The normalized spacial score (nSPS) is 23.5. The summed E-state index contributed by atoms with van der Waals surface area (Å²) in [6.45, 7) is 2.74. The van der Waals surface area contributed by atoms with Crippen molar-refractivity contribution in [3.63, 3.8) is 0 Å². The van der Waals surface area contributed by atoms with E-state index in [-0.39, 0.29) is 13.0 Å². The highest BCUT2D eigenvalue weighted by Gasteiger charge is 2.39. The summed E-state index contributed by atoms with van der Waals surface area (Å²) in [5.41, 5.74) is 12.9. The van der Waals surface area contributed by atoms with Gasteiger partial charge in [-0.05, 0) is 23.9 Å². The Morgan fingerprint density at radius 2 is 2.37 bits per heavy atom. The lowest BCUT2D eigenvalue weighted by molar-refractivity contribution is -0.119. The number of primary amides is 1. The zero-order valence-corrected chi connectivity index (χ0v) is 15.5. The van der Waals surface area contributed by atoms with Crippen LogP contribution < -0.4 is 22.1 Å². The maximum Gasteiger partial charge on any atom is 0.613 e. The number of nitrogens with two attached hydrogens (primary N) is 1. The topological polar surface area (TPSA) is 194 Å². The lowest BCUT2D eigenvalue weighted by Gasteiger charge is -2.15. The second-order valence-corrected chi connectivity index (χ2v) is 6.95. The Balaban J connectivity index is 2.09. The summed E-state index contributed by atoms with van der Waals surface area (Å²) in [4.78, 5) is 39.3. The van der Waals surface area contributed by atoms with Crippen molar-refractivity contribution in [1.82, 2.24) is 14.6 Å². The number of nitrogens with zero attached hydrogens (tertiary/aromatic N) is 4. The highest BCUT2D eigenvalue weighted by Crippen LogP contribution is 2.32. The fourth-order valence-electron chi connectivity index (χ4n) is 2.42. The first-order chi connectivity index (χ1) is 12.7. The molecule has 0 aromatic carbocycles. The minimum Gasteiger partial charge on any atom is -0.368 e. The van der Waals surface area contributed by atoms with Gasteiger partial charge >= 0.3 is 13.9 Å². The molecule has 13 nitrogen and oxygen atoms in total.